The molecular weight excluding hydrogens is 504 g/mol. The van der Waals surface area contributed by atoms with Gasteiger partial charge in [-0.1, -0.05) is 38.1 Å². The summed E-state index contributed by atoms with van der Waals surface area (Å²) in [4.78, 5) is 33.5. The quantitative estimate of drug-likeness (QED) is 0.397. The lowest BCUT2D eigenvalue weighted by molar-refractivity contribution is 0.0784. The van der Waals surface area contributed by atoms with Gasteiger partial charge in [0.2, 0.25) is 5.88 Å². The fourth-order valence-electron chi connectivity index (χ4n) is 5.35. The van der Waals surface area contributed by atoms with Crippen molar-refractivity contribution in [1.29, 1.82) is 0 Å². The van der Waals surface area contributed by atoms with E-state index < -0.39 is 40.5 Å². The predicted molar refractivity (Wildman–Crippen MR) is 142 cm³/mol. The predicted octanol–water partition coefficient (Wildman–Crippen LogP) is 4.37. The highest BCUT2D eigenvalue weighted by Crippen LogP contribution is 2.33. The summed E-state index contributed by atoms with van der Waals surface area (Å²) in [7, 11) is 1.73. The average Bonchev–Trinajstić information content (AvgIpc) is 3.57. The summed E-state index contributed by atoms with van der Waals surface area (Å²) in [5.41, 5.74) is 1.39. The standard InChI is InChI=1S/C29H29F2N5O3/c1-4-17-8-6-9-18(5-2)25(17)36-26(22-13-14-34(3)33-22)32-27(37)24(29(36)39)28(38)35-15-12-19(16-35)23-20(30)10-7-11-21(23)31/h6-11,13-14,19,37H,4-5,12,15-16H2,1-3H3. The van der Waals surface area contributed by atoms with Crippen molar-refractivity contribution in [3.8, 4) is 23.1 Å². The van der Waals surface area contributed by atoms with Crippen LogP contribution in [0, 0.1) is 11.6 Å². The lowest BCUT2D eigenvalue weighted by Crippen LogP contribution is -2.36. The van der Waals surface area contributed by atoms with Gasteiger partial charge in [-0.3, -0.25) is 18.8 Å². The molecule has 0 spiro atoms. The Morgan fingerprint density at radius 2 is 1.69 bits per heavy atom. The largest absolute Gasteiger partial charge is 0.493 e. The fourth-order valence-corrected chi connectivity index (χ4v) is 5.35. The van der Waals surface area contributed by atoms with E-state index in [4.69, 9.17) is 0 Å². The molecule has 1 N–H and O–H groups in total. The molecule has 202 valence electrons. The number of aryl methyl sites for hydroxylation is 3. The van der Waals surface area contributed by atoms with Crippen molar-refractivity contribution in [2.45, 2.75) is 39.0 Å². The number of aromatic nitrogens is 4. The molecular formula is C29H29F2N5O3. The van der Waals surface area contributed by atoms with Crippen molar-refractivity contribution in [3.05, 3.63) is 92.9 Å². The maximum atomic E-state index is 14.4. The van der Waals surface area contributed by atoms with Gasteiger partial charge in [0.15, 0.2) is 11.4 Å². The summed E-state index contributed by atoms with van der Waals surface area (Å²) in [6.45, 7) is 4.11. The fraction of sp³-hybridized carbons (Fsp3) is 0.310. The molecule has 1 amide bonds. The van der Waals surface area contributed by atoms with E-state index in [0.717, 1.165) is 11.1 Å². The molecule has 10 heteroatoms. The summed E-state index contributed by atoms with van der Waals surface area (Å²) in [5, 5.41) is 15.3. The molecule has 8 nitrogen and oxygen atoms in total. The molecule has 0 aliphatic carbocycles. The van der Waals surface area contributed by atoms with Crippen LogP contribution in [-0.4, -0.2) is 48.3 Å². The number of carbonyl (C=O) groups is 1. The molecule has 0 saturated carbocycles. The Bertz CT molecular complexity index is 1590. The van der Waals surface area contributed by atoms with Crippen molar-refractivity contribution >= 4 is 5.91 Å². The molecule has 1 aliphatic heterocycles. The van der Waals surface area contributed by atoms with Crippen LogP contribution in [0.25, 0.3) is 17.2 Å². The normalized spacial score (nSPS) is 15.2. The molecule has 1 unspecified atom stereocenters. The summed E-state index contributed by atoms with van der Waals surface area (Å²) >= 11 is 0. The molecule has 1 atom stereocenters. The first-order chi connectivity index (χ1) is 18.7. The van der Waals surface area contributed by atoms with E-state index >= 15 is 0 Å². The zero-order valence-corrected chi connectivity index (χ0v) is 22.0. The van der Waals surface area contributed by atoms with Crippen LogP contribution in [0.1, 0.15) is 53.2 Å². The third kappa shape index (κ3) is 4.60. The Kier molecular flexibility index (Phi) is 7.03. The van der Waals surface area contributed by atoms with Gasteiger partial charge in [-0.2, -0.15) is 10.1 Å². The minimum atomic E-state index is -0.738. The van der Waals surface area contributed by atoms with Crippen LogP contribution in [0.15, 0.2) is 53.5 Å². The number of carbonyl (C=O) groups excluding carboxylic acids is 1. The zero-order chi connectivity index (χ0) is 27.8. The van der Waals surface area contributed by atoms with E-state index in [0.29, 0.717) is 30.6 Å². The third-order valence-electron chi connectivity index (χ3n) is 7.29. The SMILES string of the molecule is CCc1cccc(CC)c1-n1c(-c2ccn(C)n2)nc(O)c(C(=O)N2CCC(c3c(F)cccc3F)C2)c1=O. The first kappa shape index (κ1) is 26.3. The van der Waals surface area contributed by atoms with Gasteiger partial charge < -0.3 is 10.0 Å². The van der Waals surface area contributed by atoms with Gasteiger partial charge in [0.05, 0.1) is 5.69 Å². The van der Waals surface area contributed by atoms with E-state index in [2.05, 4.69) is 10.1 Å². The van der Waals surface area contributed by atoms with Gasteiger partial charge in [-0.25, -0.2) is 8.78 Å². The number of benzene rings is 2. The van der Waals surface area contributed by atoms with Crippen LogP contribution in [0.4, 0.5) is 8.78 Å². The van der Waals surface area contributed by atoms with E-state index in [-0.39, 0.29) is 24.5 Å². The number of amides is 1. The molecule has 2 aromatic carbocycles. The second kappa shape index (κ2) is 10.4. The van der Waals surface area contributed by atoms with Crippen LogP contribution >= 0.6 is 0 Å². The molecule has 0 bridgehead atoms. The monoisotopic (exact) mass is 533 g/mol. The number of para-hydroxylation sites is 1. The van der Waals surface area contributed by atoms with Crippen molar-refractivity contribution in [2.75, 3.05) is 13.1 Å². The van der Waals surface area contributed by atoms with Crippen LogP contribution in [0.2, 0.25) is 0 Å². The van der Waals surface area contributed by atoms with Gasteiger partial charge in [0, 0.05) is 37.8 Å². The summed E-state index contributed by atoms with van der Waals surface area (Å²) in [6, 6.07) is 11.1. The maximum Gasteiger partial charge on any atom is 0.275 e. The average molecular weight is 534 g/mol. The minimum Gasteiger partial charge on any atom is -0.493 e. The van der Waals surface area contributed by atoms with Gasteiger partial charge in [0.25, 0.3) is 11.5 Å². The number of halogens is 2. The number of hydrogen-bond acceptors (Lipinski definition) is 5. The molecule has 1 aliphatic rings. The second-order valence-corrected chi connectivity index (χ2v) is 9.65. The third-order valence-corrected chi connectivity index (χ3v) is 7.29. The van der Waals surface area contributed by atoms with Crippen molar-refractivity contribution in [2.24, 2.45) is 7.05 Å². The first-order valence-electron chi connectivity index (χ1n) is 12.9. The lowest BCUT2D eigenvalue weighted by atomic mass is 9.97. The highest BCUT2D eigenvalue weighted by molar-refractivity contribution is 5.96. The number of rotatable bonds is 6. The van der Waals surface area contributed by atoms with Crippen molar-refractivity contribution in [1.82, 2.24) is 24.2 Å². The number of likely N-dealkylation sites (tertiary alicyclic amines) is 1. The first-order valence-corrected chi connectivity index (χ1v) is 12.9. The number of hydrogen-bond donors (Lipinski definition) is 1. The summed E-state index contributed by atoms with van der Waals surface area (Å²) in [6.07, 6.45) is 3.24. The molecule has 1 fully saturated rings. The van der Waals surface area contributed by atoms with E-state index in [1.807, 2.05) is 32.0 Å². The van der Waals surface area contributed by atoms with Gasteiger partial charge in [0.1, 0.15) is 17.3 Å². The number of aromatic hydroxyl groups is 1. The molecule has 5 rings (SSSR count). The van der Waals surface area contributed by atoms with Crippen LogP contribution in [-0.2, 0) is 19.9 Å². The minimum absolute atomic E-state index is 0.00329. The number of nitrogens with zero attached hydrogens (tertiary/aromatic N) is 5. The smallest absolute Gasteiger partial charge is 0.275 e. The highest BCUT2D eigenvalue weighted by atomic mass is 19.1. The summed E-state index contributed by atoms with van der Waals surface area (Å²) in [5.74, 6) is -3.27. The molecule has 3 heterocycles. The molecule has 1 saturated heterocycles. The van der Waals surface area contributed by atoms with Crippen molar-refractivity contribution < 1.29 is 18.7 Å². The second-order valence-electron chi connectivity index (χ2n) is 9.65. The highest BCUT2D eigenvalue weighted by Gasteiger charge is 2.35. The van der Waals surface area contributed by atoms with Crippen LogP contribution in [0.5, 0.6) is 5.88 Å². The Morgan fingerprint density at radius 3 is 2.28 bits per heavy atom. The van der Waals surface area contributed by atoms with Gasteiger partial charge in [-0.05, 0) is 48.6 Å². The van der Waals surface area contributed by atoms with Crippen molar-refractivity contribution in [3.63, 3.8) is 0 Å². The van der Waals surface area contributed by atoms with Crippen LogP contribution in [0.3, 0.4) is 0 Å². The molecule has 39 heavy (non-hydrogen) atoms. The topological polar surface area (TPSA) is 93.2 Å². The Hall–Kier alpha value is -4.34. The molecule has 2 aromatic heterocycles. The van der Waals surface area contributed by atoms with E-state index in [1.54, 1.807) is 24.0 Å². The lowest BCUT2D eigenvalue weighted by Gasteiger charge is -2.21. The Morgan fingerprint density at radius 1 is 1.05 bits per heavy atom. The maximum absolute atomic E-state index is 14.4. The van der Waals surface area contributed by atoms with Crippen LogP contribution < -0.4 is 5.56 Å². The van der Waals surface area contributed by atoms with Gasteiger partial charge >= 0.3 is 0 Å². The Labute approximate surface area is 224 Å². The molecule has 4 aromatic rings. The Balaban J connectivity index is 1.65. The van der Waals surface area contributed by atoms with E-state index in [1.165, 1.54) is 27.7 Å². The molecule has 0 radical (unpaired) electrons. The van der Waals surface area contributed by atoms with E-state index in [9.17, 15) is 23.5 Å². The zero-order valence-electron chi connectivity index (χ0n) is 22.0. The summed E-state index contributed by atoms with van der Waals surface area (Å²) < 4.78 is 31.8. The van der Waals surface area contributed by atoms with Gasteiger partial charge in [-0.15, -0.1) is 0 Å².